The molecule has 1 aliphatic carbocycles. The summed E-state index contributed by atoms with van der Waals surface area (Å²) in [4.78, 5) is 36.0. The molecule has 2 unspecified atom stereocenters. The van der Waals surface area contributed by atoms with Gasteiger partial charge in [0.05, 0.1) is 0 Å². The van der Waals surface area contributed by atoms with Crippen molar-refractivity contribution in [2.45, 2.75) is 45.1 Å². The lowest BCUT2D eigenvalue weighted by Crippen LogP contribution is -2.56. The lowest BCUT2D eigenvalue weighted by atomic mass is 9.68. The summed E-state index contributed by atoms with van der Waals surface area (Å²) >= 11 is 0. The van der Waals surface area contributed by atoms with E-state index in [1.54, 1.807) is 0 Å². The fourth-order valence-electron chi connectivity index (χ4n) is 3.45. The zero-order chi connectivity index (χ0) is 14.2. The van der Waals surface area contributed by atoms with Crippen molar-refractivity contribution in [3.8, 4) is 0 Å². The van der Waals surface area contributed by atoms with Crippen LogP contribution in [-0.4, -0.2) is 40.0 Å². The molecule has 2 N–H and O–H groups in total. The van der Waals surface area contributed by atoms with Crippen molar-refractivity contribution in [1.82, 2.24) is 10.2 Å². The maximum absolute atomic E-state index is 12.5. The summed E-state index contributed by atoms with van der Waals surface area (Å²) in [6.07, 6.45) is 3.43. The first-order chi connectivity index (χ1) is 8.88. The third kappa shape index (κ3) is 2.19. The topological polar surface area (TPSA) is 86.7 Å². The lowest BCUT2D eigenvalue weighted by Gasteiger charge is -2.41. The first-order valence-corrected chi connectivity index (χ1v) is 6.74. The van der Waals surface area contributed by atoms with Gasteiger partial charge in [-0.05, 0) is 24.7 Å². The van der Waals surface area contributed by atoms with Gasteiger partial charge in [0.15, 0.2) is 0 Å². The van der Waals surface area contributed by atoms with E-state index >= 15 is 0 Å². The predicted octanol–water partition coefficient (Wildman–Crippen LogP) is 1.21. The van der Waals surface area contributed by atoms with Gasteiger partial charge in [0, 0.05) is 0 Å². The second kappa shape index (κ2) is 4.83. The molecule has 3 amide bonds. The summed E-state index contributed by atoms with van der Waals surface area (Å²) in [6.45, 7) is 3.52. The zero-order valence-electron chi connectivity index (χ0n) is 11.3. The molecule has 2 rings (SSSR count). The van der Waals surface area contributed by atoms with Crippen LogP contribution in [0.15, 0.2) is 0 Å². The Hall–Kier alpha value is -1.59. The number of urea groups is 1. The molecule has 1 aliphatic heterocycles. The Morgan fingerprint density at radius 2 is 2.16 bits per heavy atom. The molecule has 0 radical (unpaired) electrons. The molecule has 2 aliphatic rings. The molecular weight excluding hydrogens is 248 g/mol. The van der Waals surface area contributed by atoms with Gasteiger partial charge < -0.3 is 10.4 Å². The quantitative estimate of drug-likeness (QED) is 0.753. The average molecular weight is 268 g/mol. The molecule has 0 aromatic heterocycles. The van der Waals surface area contributed by atoms with Crippen LogP contribution in [0.2, 0.25) is 0 Å². The number of amides is 3. The third-order valence-electron chi connectivity index (χ3n) is 4.27. The van der Waals surface area contributed by atoms with Gasteiger partial charge in [0.25, 0.3) is 5.91 Å². The number of nitrogens with one attached hydrogen (secondary N) is 1. The van der Waals surface area contributed by atoms with E-state index in [1.165, 1.54) is 0 Å². The molecular formula is C13H20N2O4. The monoisotopic (exact) mass is 268 g/mol. The number of carbonyl (C=O) groups is 3. The zero-order valence-corrected chi connectivity index (χ0v) is 11.3. The van der Waals surface area contributed by atoms with E-state index in [4.69, 9.17) is 5.11 Å². The standard InChI is InChI=1S/C13H20N2O4/c1-8(2)9-5-3-4-6-13(9)11(18)15(7-10(16)17)12(19)14-13/h8-9H,3-7H2,1-2H3,(H,14,19)(H,16,17). The minimum atomic E-state index is -1.17. The number of rotatable bonds is 3. The molecule has 6 heteroatoms. The predicted molar refractivity (Wildman–Crippen MR) is 67.4 cm³/mol. The van der Waals surface area contributed by atoms with Gasteiger partial charge in [0.1, 0.15) is 12.1 Å². The number of carboxylic acid groups (broad SMARTS) is 1. The van der Waals surface area contributed by atoms with Gasteiger partial charge >= 0.3 is 12.0 Å². The normalized spacial score (nSPS) is 31.1. The van der Waals surface area contributed by atoms with Crippen molar-refractivity contribution < 1.29 is 19.5 Å². The summed E-state index contributed by atoms with van der Waals surface area (Å²) in [7, 11) is 0. The van der Waals surface area contributed by atoms with Crippen LogP contribution in [0.3, 0.4) is 0 Å². The molecule has 1 saturated carbocycles. The highest BCUT2D eigenvalue weighted by molar-refractivity contribution is 6.08. The van der Waals surface area contributed by atoms with Crippen LogP contribution in [0.4, 0.5) is 4.79 Å². The third-order valence-corrected chi connectivity index (χ3v) is 4.27. The number of aliphatic carboxylic acids is 1. The van der Waals surface area contributed by atoms with E-state index in [9.17, 15) is 14.4 Å². The summed E-state index contributed by atoms with van der Waals surface area (Å²) in [6, 6.07) is -0.569. The van der Waals surface area contributed by atoms with E-state index < -0.39 is 24.1 Å². The highest BCUT2D eigenvalue weighted by Gasteiger charge is 2.57. The first-order valence-electron chi connectivity index (χ1n) is 6.74. The molecule has 19 heavy (non-hydrogen) atoms. The highest BCUT2D eigenvalue weighted by atomic mass is 16.4. The van der Waals surface area contributed by atoms with Crippen molar-refractivity contribution in [1.29, 1.82) is 0 Å². The van der Waals surface area contributed by atoms with Crippen LogP contribution in [-0.2, 0) is 9.59 Å². The largest absolute Gasteiger partial charge is 0.480 e. The van der Waals surface area contributed by atoms with Gasteiger partial charge in [-0.3, -0.25) is 14.5 Å². The van der Waals surface area contributed by atoms with E-state index in [1.807, 2.05) is 13.8 Å². The van der Waals surface area contributed by atoms with Crippen molar-refractivity contribution in [2.75, 3.05) is 6.54 Å². The number of imide groups is 1. The number of hydrogen-bond acceptors (Lipinski definition) is 3. The van der Waals surface area contributed by atoms with Crippen molar-refractivity contribution in [3.63, 3.8) is 0 Å². The van der Waals surface area contributed by atoms with Crippen molar-refractivity contribution >= 4 is 17.9 Å². The summed E-state index contributed by atoms with van der Waals surface area (Å²) in [5.74, 6) is -1.18. The number of carbonyl (C=O) groups excluding carboxylic acids is 2. The van der Waals surface area contributed by atoms with Gasteiger partial charge in [-0.2, -0.15) is 0 Å². The van der Waals surface area contributed by atoms with E-state index in [-0.39, 0.29) is 17.7 Å². The van der Waals surface area contributed by atoms with Gasteiger partial charge in [-0.15, -0.1) is 0 Å². The SMILES string of the molecule is CC(C)C1CCCCC12NC(=O)N(CC(=O)O)C2=O. The smallest absolute Gasteiger partial charge is 0.325 e. The Morgan fingerprint density at radius 3 is 2.74 bits per heavy atom. The van der Waals surface area contributed by atoms with Crippen LogP contribution >= 0.6 is 0 Å². The van der Waals surface area contributed by atoms with Crippen molar-refractivity contribution in [3.05, 3.63) is 0 Å². The number of nitrogens with zero attached hydrogens (tertiary/aromatic N) is 1. The van der Waals surface area contributed by atoms with Gasteiger partial charge in [-0.25, -0.2) is 4.79 Å². The Balaban J connectivity index is 2.30. The fraction of sp³-hybridized carbons (Fsp3) is 0.769. The Morgan fingerprint density at radius 1 is 1.47 bits per heavy atom. The second-order valence-corrected chi connectivity index (χ2v) is 5.78. The van der Waals surface area contributed by atoms with E-state index in [0.717, 1.165) is 24.2 Å². The molecule has 1 saturated heterocycles. The molecule has 6 nitrogen and oxygen atoms in total. The molecule has 0 aromatic carbocycles. The van der Waals surface area contributed by atoms with Crippen LogP contribution in [0.1, 0.15) is 39.5 Å². The number of hydrogen-bond donors (Lipinski definition) is 2. The van der Waals surface area contributed by atoms with Gasteiger partial charge in [-0.1, -0.05) is 26.7 Å². The Labute approximate surface area is 112 Å². The Bertz CT molecular complexity index is 421. The Kier molecular flexibility index (Phi) is 3.52. The average Bonchev–Trinajstić information content (AvgIpc) is 2.54. The summed E-state index contributed by atoms with van der Waals surface area (Å²) in [5, 5.41) is 11.6. The van der Waals surface area contributed by atoms with Crippen LogP contribution in [0.25, 0.3) is 0 Å². The molecule has 1 spiro atoms. The molecule has 0 bridgehead atoms. The molecule has 0 aromatic rings. The van der Waals surface area contributed by atoms with E-state index in [2.05, 4.69) is 5.32 Å². The van der Waals surface area contributed by atoms with Gasteiger partial charge in [0.2, 0.25) is 0 Å². The minimum absolute atomic E-state index is 0.0801. The maximum atomic E-state index is 12.5. The first kappa shape index (κ1) is 13.8. The second-order valence-electron chi connectivity index (χ2n) is 5.78. The van der Waals surface area contributed by atoms with Crippen LogP contribution in [0.5, 0.6) is 0 Å². The lowest BCUT2D eigenvalue weighted by molar-refractivity contribution is -0.144. The van der Waals surface area contributed by atoms with Crippen LogP contribution < -0.4 is 5.32 Å². The maximum Gasteiger partial charge on any atom is 0.325 e. The molecule has 1 heterocycles. The fourth-order valence-corrected chi connectivity index (χ4v) is 3.45. The minimum Gasteiger partial charge on any atom is -0.480 e. The summed E-state index contributed by atoms with van der Waals surface area (Å²) < 4.78 is 0. The van der Waals surface area contributed by atoms with Crippen LogP contribution in [0, 0.1) is 11.8 Å². The molecule has 106 valence electrons. The van der Waals surface area contributed by atoms with E-state index in [0.29, 0.717) is 6.42 Å². The van der Waals surface area contributed by atoms with Crippen molar-refractivity contribution in [2.24, 2.45) is 11.8 Å². The summed E-state index contributed by atoms with van der Waals surface area (Å²) in [5.41, 5.74) is -0.876. The number of carboxylic acids is 1. The molecule has 2 atom stereocenters. The molecule has 2 fully saturated rings. The highest BCUT2D eigenvalue weighted by Crippen LogP contribution is 2.42.